The van der Waals surface area contributed by atoms with E-state index in [1.807, 2.05) is 0 Å². The first-order chi connectivity index (χ1) is 5.24. The van der Waals surface area contributed by atoms with Crippen LogP contribution in [0.4, 0.5) is 0 Å². The summed E-state index contributed by atoms with van der Waals surface area (Å²) in [6.45, 7) is 3.98. The minimum absolute atomic E-state index is 0.426. The third-order valence-corrected chi connectivity index (χ3v) is 3.02. The summed E-state index contributed by atoms with van der Waals surface area (Å²) in [6, 6.07) is 0. The van der Waals surface area contributed by atoms with Gasteiger partial charge in [0.2, 0.25) is 0 Å². The van der Waals surface area contributed by atoms with Crippen LogP contribution in [0.5, 0.6) is 0 Å². The van der Waals surface area contributed by atoms with Crippen molar-refractivity contribution in [2.75, 3.05) is 14.2 Å². The number of hydrogen-bond donors (Lipinski definition) is 0. The maximum atomic E-state index is 5.39. The van der Waals surface area contributed by atoms with E-state index in [1.165, 1.54) is 6.42 Å². The summed E-state index contributed by atoms with van der Waals surface area (Å²) >= 11 is 0. The minimum Gasteiger partial charge on any atom is -0.349 e. The van der Waals surface area contributed by atoms with E-state index in [-0.39, 0.29) is 0 Å². The largest absolute Gasteiger partial charge is 0.349 e. The van der Waals surface area contributed by atoms with Crippen LogP contribution in [0.3, 0.4) is 0 Å². The van der Waals surface area contributed by atoms with Crippen molar-refractivity contribution in [1.29, 1.82) is 0 Å². The summed E-state index contributed by atoms with van der Waals surface area (Å²) < 4.78 is 10.8. The van der Waals surface area contributed by atoms with Crippen LogP contribution in [-0.4, -0.2) is 20.0 Å². The molecule has 0 bridgehead atoms. The molecule has 0 aliphatic heterocycles. The zero-order chi connectivity index (χ0) is 8.06. The fraction of sp³-hybridized carbons (Fsp3) is 0.778. The van der Waals surface area contributed by atoms with E-state index in [9.17, 15) is 0 Å². The van der Waals surface area contributed by atoms with Crippen molar-refractivity contribution in [3.8, 4) is 0 Å². The molecule has 2 fully saturated rings. The first-order valence-corrected chi connectivity index (χ1v) is 4.03. The van der Waals surface area contributed by atoms with E-state index in [4.69, 9.17) is 9.47 Å². The maximum absolute atomic E-state index is 5.39. The van der Waals surface area contributed by atoms with Crippen molar-refractivity contribution in [3.63, 3.8) is 0 Å². The summed E-state index contributed by atoms with van der Waals surface area (Å²) in [7, 11) is 3.41. The summed E-state index contributed by atoms with van der Waals surface area (Å²) in [5, 5.41) is 0. The first-order valence-electron chi connectivity index (χ1n) is 4.03. The Bertz CT molecular complexity index is 194. The molecular formula is C9H14O2. The molecule has 0 heterocycles. The molecule has 2 heteroatoms. The van der Waals surface area contributed by atoms with Crippen molar-refractivity contribution >= 4 is 0 Å². The van der Waals surface area contributed by atoms with Crippen molar-refractivity contribution in [2.45, 2.75) is 18.6 Å². The predicted octanol–water partition coefficient (Wildman–Crippen LogP) is 1.57. The Kier molecular flexibility index (Phi) is 1.38. The second kappa shape index (κ2) is 2.08. The number of rotatable bonds is 2. The monoisotopic (exact) mass is 154 g/mol. The second-order valence-electron chi connectivity index (χ2n) is 3.49. The van der Waals surface area contributed by atoms with Gasteiger partial charge >= 0.3 is 0 Å². The van der Waals surface area contributed by atoms with Crippen LogP contribution in [0, 0.1) is 11.8 Å². The van der Waals surface area contributed by atoms with E-state index in [1.54, 1.807) is 14.2 Å². The van der Waals surface area contributed by atoms with Gasteiger partial charge in [-0.2, -0.15) is 0 Å². The van der Waals surface area contributed by atoms with Gasteiger partial charge in [0.05, 0.1) is 0 Å². The van der Waals surface area contributed by atoms with Crippen molar-refractivity contribution in [2.24, 2.45) is 11.8 Å². The van der Waals surface area contributed by atoms with Gasteiger partial charge in [0, 0.05) is 20.1 Å². The van der Waals surface area contributed by atoms with Crippen LogP contribution in [-0.2, 0) is 9.47 Å². The lowest BCUT2D eigenvalue weighted by atomic mass is 10.1. The molecule has 0 aromatic heterocycles. The maximum Gasteiger partial charge on any atom is 0.193 e. The molecule has 62 valence electrons. The first kappa shape index (κ1) is 7.32. The van der Waals surface area contributed by atoms with E-state index in [2.05, 4.69) is 6.58 Å². The number of ether oxygens (including phenoxy) is 2. The molecule has 0 aromatic rings. The molecule has 0 aromatic carbocycles. The number of methoxy groups -OCH3 is 2. The Balaban J connectivity index is 2.25. The van der Waals surface area contributed by atoms with E-state index >= 15 is 0 Å². The van der Waals surface area contributed by atoms with E-state index in [0.29, 0.717) is 5.92 Å². The highest BCUT2D eigenvalue weighted by Gasteiger charge is 2.61. The average molecular weight is 154 g/mol. The Labute approximate surface area is 67.2 Å². The molecular weight excluding hydrogens is 140 g/mol. The van der Waals surface area contributed by atoms with Crippen molar-refractivity contribution in [1.82, 2.24) is 0 Å². The molecule has 0 radical (unpaired) electrons. The normalized spacial score (nSPS) is 38.9. The smallest absolute Gasteiger partial charge is 0.193 e. The average Bonchev–Trinajstić information content (AvgIpc) is 2.68. The Morgan fingerprint density at radius 3 is 2.36 bits per heavy atom. The fourth-order valence-corrected chi connectivity index (χ4v) is 2.33. The summed E-state index contributed by atoms with van der Waals surface area (Å²) in [6.07, 6.45) is 2.34. The molecule has 2 nitrogen and oxygen atoms in total. The SMILES string of the molecule is C=C1C[C@H]2C[C@H]2C1(OC)OC. The van der Waals surface area contributed by atoms with Gasteiger partial charge in [0.25, 0.3) is 0 Å². The molecule has 2 atom stereocenters. The molecule has 2 aliphatic carbocycles. The Morgan fingerprint density at radius 1 is 1.45 bits per heavy atom. The Hall–Kier alpha value is -0.340. The second-order valence-corrected chi connectivity index (χ2v) is 3.49. The third-order valence-electron chi connectivity index (χ3n) is 3.02. The highest BCUT2D eigenvalue weighted by atomic mass is 16.7. The van der Waals surface area contributed by atoms with E-state index < -0.39 is 5.79 Å². The molecule has 2 rings (SSSR count). The van der Waals surface area contributed by atoms with Gasteiger partial charge in [-0.3, -0.25) is 0 Å². The van der Waals surface area contributed by atoms with Gasteiger partial charge in [-0.1, -0.05) is 6.58 Å². The molecule has 0 N–H and O–H groups in total. The molecule has 0 saturated heterocycles. The van der Waals surface area contributed by atoms with Crippen molar-refractivity contribution < 1.29 is 9.47 Å². The van der Waals surface area contributed by atoms with Crippen LogP contribution >= 0.6 is 0 Å². The van der Waals surface area contributed by atoms with Crippen LogP contribution in [0.15, 0.2) is 12.2 Å². The molecule has 2 aliphatic rings. The van der Waals surface area contributed by atoms with Gasteiger partial charge in [-0.25, -0.2) is 0 Å². The molecule has 0 spiro atoms. The van der Waals surface area contributed by atoms with Crippen LogP contribution in [0.2, 0.25) is 0 Å². The van der Waals surface area contributed by atoms with Crippen LogP contribution < -0.4 is 0 Å². The number of hydrogen-bond acceptors (Lipinski definition) is 2. The van der Waals surface area contributed by atoms with Gasteiger partial charge in [-0.15, -0.1) is 0 Å². The molecule has 0 amide bonds. The zero-order valence-corrected chi connectivity index (χ0v) is 7.09. The zero-order valence-electron chi connectivity index (χ0n) is 7.09. The van der Waals surface area contributed by atoms with Crippen LogP contribution in [0.1, 0.15) is 12.8 Å². The molecule has 11 heavy (non-hydrogen) atoms. The van der Waals surface area contributed by atoms with Gasteiger partial charge in [0.1, 0.15) is 0 Å². The molecule has 2 saturated carbocycles. The quantitative estimate of drug-likeness (QED) is 0.444. The lowest BCUT2D eigenvalue weighted by Gasteiger charge is -2.29. The van der Waals surface area contributed by atoms with Gasteiger partial charge in [-0.05, 0) is 24.3 Å². The highest BCUT2D eigenvalue weighted by molar-refractivity contribution is 5.25. The lowest BCUT2D eigenvalue weighted by molar-refractivity contribution is -0.186. The predicted molar refractivity (Wildman–Crippen MR) is 42.1 cm³/mol. The minimum atomic E-state index is -0.426. The fourth-order valence-electron chi connectivity index (χ4n) is 2.33. The molecule has 0 unspecified atom stereocenters. The van der Waals surface area contributed by atoms with Crippen LogP contribution in [0.25, 0.3) is 0 Å². The topological polar surface area (TPSA) is 18.5 Å². The van der Waals surface area contributed by atoms with Gasteiger partial charge < -0.3 is 9.47 Å². The van der Waals surface area contributed by atoms with Gasteiger partial charge in [0.15, 0.2) is 5.79 Å². The standard InChI is InChI=1S/C9H14O2/c1-6-4-7-5-8(7)9(6,10-2)11-3/h7-8H,1,4-5H2,2-3H3/t7-,8+/m0/s1. The summed E-state index contributed by atoms with van der Waals surface area (Å²) in [5.74, 6) is 0.956. The summed E-state index contributed by atoms with van der Waals surface area (Å²) in [5.41, 5.74) is 1.11. The highest BCUT2D eigenvalue weighted by Crippen LogP contribution is 2.61. The van der Waals surface area contributed by atoms with E-state index in [0.717, 1.165) is 17.9 Å². The number of fused-ring (bicyclic) bond motifs is 1. The summed E-state index contributed by atoms with van der Waals surface area (Å²) in [4.78, 5) is 0. The Morgan fingerprint density at radius 2 is 2.09 bits per heavy atom. The lowest BCUT2D eigenvalue weighted by Crippen LogP contribution is -2.35. The van der Waals surface area contributed by atoms with Crippen molar-refractivity contribution in [3.05, 3.63) is 12.2 Å². The third kappa shape index (κ3) is 0.741.